The molecule has 0 amide bonds. The van der Waals surface area contributed by atoms with Gasteiger partial charge in [0.2, 0.25) is 15.0 Å². The molecular weight excluding hydrogens is 404 g/mol. The maximum absolute atomic E-state index is 12.3. The summed E-state index contributed by atoms with van der Waals surface area (Å²) >= 11 is 0. The third kappa shape index (κ3) is 4.44. The molecule has 0 saturated carbocycles. The second-order valence-electron chi connectivity index (χ2n) is 7.32. The molecule has 30 heavy (non-hydrogen) atoms. The summed E-state index contributed by atoms with van der Waals surface area (Å²) in [6.07, 6.45) is 4.74. The number of aromatic nitrogens is 5. The first-order valence-electron chi connectivity index (χ1n) is 9.91. The maximum atomic E-state index is 12.3. The Morgan fingerprint density at radius 3 is 2.50 bits per heavy atom. The van der Waals surface area contributed by atoms with Gasteiger partial charge in [-0.05, 0) is 45.2 Å². The Morgan fingerprint density at radius 2 is 1.83 bits per heavy atom. The normalized spacial score (nSPS) is 13.1. The number of imidazole rings is 1. The van der Waals surface area contributed by atoms with Crippen molar-refractivity contribution in [2.24, 2.45) is 0 Å². The Morgan fingerprint density at radius 1 is 1.13 bits per heavy atom. The molecule has 162 valence electrons. The van der Waals surface area contributed by atoms with E-state index in [1.165, 1.54) is 12.4 Å². The fourth-order valence-corrected chi connectivity index (χ4v) is 4.65. The molecule has 0 saturated heterocycles. The molecule has 0 aliphatic heterocycles. The molecule has 0 fully saturated rings. The van der Waals surface area contributed by atoms with E-state index in [0.717, 1.165) is 35.4 Å². The minimum Gasteiger partial charge on any atom is -0.382 e. The number of sulfone groups is 1. The lowest BCUT2D eigenvalue weighted by atomic mass is 10.2. The Bertz CT molecular complexity index is 1130. The highest BCUT2D eigenvalue weighted by Gasteiger charge is 2.21. The summed E-state index contributed by atoms with van der Waals surface area (Å²) in [5, 5.41) is -0.115. The molecule has 3 aromatic heterocycles. The van der Waals surface area contributed by atoms with Crippen LogP contribution in [0.3, 0.4) is 0 Å². The van der Waals surface area contributed by atoms with Crippen LogP contribution in [-0.2, 0) is 21.1 Å². The average molecular weight is 433 g/mol. The second-order valence-corrected chi connectivity index (χ2v) is 9.32. The number of rotatable bonds is 9. The van der Waals surface area contributed by atoms with Gasteiger partial charge >= 0.3 is 0 Å². The summed E-state index contributed by atoms with van der Waals surface area (Å²) in [5.41, 5.74) is 9.67. The van der Waals surface area contributed by atoms with Gasteiger partial charge in [-0.15, -0.1) is 0 Å². The number of methoxy groups -OCH3 is 1. The van der Waals surface area contributed by atoms with Gasteiger partial charge in [0.25, 0.3) is 0 Å². The number of nitrogen functional groups attached to an aromatic ring is 1. The molecular formula is C20H28N6O3S. The molecule has 0 aliphatic rings. The van der Waals surface area contributed by atoms with Crippen molar-refractivity contribution in [3.8, 4) is 0 Å². The van der Waals surface area contributed by atoms with Crippen molar-refractivity contribution in [2.75, 3.05) is 18.6 Å². The van der Waals surface area contributed by atoms with Crippen molar-refractivity contribution >= 4 is 26.7 Å². The quantitative estimate of drug-likeness (QED) is 0.404. The van der Waals surface area contributed by atoms with Crippen molar-refractivity contribution in [1.82, 2.24) is 24.5 Å². The number of aryl methyl sites for hydroxylation is 3. The number of unbranched alkanes of at least 4 members (excludes halogenated alkanes) is 2. The molecule has 0 bridgehead atoms. The number of fused-ring (bicyclic) bond motifs is 1. The van der Waals surface area contributed by atoms with Crippen LogP contribution in [0.2, 0.25) is 0 Å². The molecule has 0 aromatic carbocycles. The summed E-state index contributed by atoms with van der Waals surface area (Å²) in [4.78, 5) is 16.8. The van der Waals surface area contributed by atoms with E-state index < -0.39 is 9.84 Å². The van der Waals surface area contributed by atoms with Gasteiger partial charge in [-0.3, -0.25) is 0 Å². The van der Waals surface area contributed by atoms with Gasteiger partial charge in [0.15, 0.2) is 5.82 Å². The number of nitrogens with two attached hydrogens (primary N) is 1. The Balaban J connectivity index is 1.74. The highest BCUT2D eigenvalue weighted by Crippen LogP contribution is 2.29. The van der Waals surface area contributed by atoms with Crippen molar-refractivity contribution in [1.29, 1.82) is 0 Å². The molecule has 10 heteroatoms. The lowest BCUT2D eigenvalue weighted by Gasteiger charge is -2.15. The van der Waals surface area contributed by atoms with E-state index in [2.05, 4.69) is 19.5 Å². The van der Waals surface area contributed by atoms with Gasteiger partial charge in [0.05, 0.1) is 11.3 Å². The average Bonchev–Trinajstić information content (AvgIpc) is 3.12. The predicted octanol–water partition coefficient (Wildman–Crippen LogP) is 2.77. The zero-order valence-corrected chi connectivity index (χ0v) is 18.6. The Kier molecular flexibility index (Phi) is 6.67. The number of pyridine rings is 1. The fourth-order valence-electron chi connectivity index (χ4n) is 3.44. The summed E-state index contributed by atoms with van der Waals surface area (Å²) in [5.74, 6) is 1.23. The number of ether oxygens (including phenoxy) is 1. The van der Waals surface area contributed by atoms with E-state index in [9.17, 15) is 8.42 Å². The van der Waals surface area contributed by atoms with Crippen LogP contribution >= 0.6 is 0 Å². The molecule has 1 atom stereocenters. The molecule has 1 unspecified atom stereocenters. The van der Waals surface area contributed by atoms with E-state index in [-0.39, 0.29) is 17.0 Å². The minimum absolute atomic E-state index is 0.0258. The first-order valence-corrected chi connectivity index (χ1v) is 11.6. The number of hydrogen-bond acceptors (Lipinski definition) is 8. The van der Waals surface area contributed by atoms with Crippen molar-refractivity contribution in [2.45, 2.75) is 57.8 Å². The molecule has 3 aromatic rings. The van der Waals surface area contributed by atoms with Crippen LogP contribution in [0.4, 0.5) is 5.82 Å². The molecule has 3 heterocycles. The zero-order chi connectivity index (χ0) is 21.9. The van der Waals surface area contributed by atoms with Gasteiger partial charge in [0, 0.05) is 31.7 Å². The minimum atomic E-state index is -3.46. The summed E-state index contributed by atoms with van der Waals surface area (Å²) in [7, 11) is -1.82. The van der Waals surface area contributed by atoms with Crippen LogP contribution in [0.25, 0.3) is 11.0 Å². The van der Waals surface area contributed by atoms with Crippen LogP contribution in [-0.4, -0.2) is 45.8 Å². The Labute approximate surface area is 176 Å². The largest absolute Gasteiger partial charge is 0.382 e. The van der Waals surface area contributed by atoms with E-state index in [4.69, 9.17) is 15.5 Å². The number of nitrogens with zero attached hydrogens (tertiary/aromatic N) is 5. The van der Waals surface area contributed by atoms with Crippen molar-refractivity contribution in [3.63, 3.8) is 0 Å². The van der Waals surface area contributed by atoms with Crippen LogP contribution < -0.4 is 5.73 Å². The smallest absolute Gasteiger partial charge is 0.246 e. The summed E-state index contributed by atoms with van der Waals surface area (Å²) in [6.45, 7) is 6.56. The van der Waals surface area contributed by atoms with Crippen molar-refractivity contribution in [3.05, 3.63) is 35.5 Å². The third-order valence-electron chi connectivity index (χ3n) is 5.26. The van der Waals surface area contributed by atoms with Gasteiger partial charge in [-0.25, -0.2) is 28.4 Å². The van der Waals surface area contributed by atoms with Crippen LogP contribution in [0.1, 0.15) is 49.4 Å². The summed E-state index contributed by atoms with van der Waals surface area (Å²) < 4.78 is 32.3. The van der Waals surface area contributed by atoms with Crippen LogP contribution in [0.15, 0.2) is 23.6 Å². The maximum Gasteiger partial charge on any atom is 0.246 e. The molecule has 0 radical (unpaired) electrons. The monoisotopic (exact) mass is 432 g/mol. The highest BCUT2D eigenvalue weighted by molar-refractivity contribution is 7.91. The standard InChI is InChI=1S/C20H28N6O3S/c1-13-14(2)24-18(21)16-17(13)26(19(25-16)15(3)29-4)11-6-5-7-12-30(27,28)20-22-9-8-10-23-20/h8-10,15H,5-7,11-12H2,1-4H3,(H2,21,24). The molecule has 9 nitrogen and oxygen atoms in total. The fraction of sp³-hybridized carbons (Fsp3) is 0.500. The summed E-state index contributed by atoms with van der Waals surface area (Å²) in [6, 6.07) is 1.60. The number of anilines is 1. The molecule has 0 aliphatic carbocycles. The van der Waals surface area contributed by atoms with Gasteiger partial charge in [-0.2, -0.15) is 0 Å². The highest BCUT2D eigenvalue weighted by atomic mass is 32.2. The van der Waals surface area contributed by atoms with E-state index in [1.54, 1.807) is 13.2 Å². The third-order valence-corrected chi connectivity index (χ3v) is 6.85. The predicted molar refractivity (Wildman–Crippen MR) is 115 cm³/mol. The zero-order valence-electron chi connectivity index (χ0n) is 17.8. The first kappa shape index (κ1) is 22.1. The van der Waals surface area contributed by atoms with Crippen molar-refractivity contribution < 1.29 is 13.2 Å². The Hall–Kier alpha value is -2.59. The van der Waals surface area contributed by atoms with Gasteiger partial charge in [0.1, 0.15) is 17.4 Å². The molecule has 0 spiro atoms. The van der Waals surface area contributed by atoms with E-state index in [0.29, 0.717) is 24.3 Å². The molecule has 3 rings (SSSR count). The van der Waals surface area contributed by atoms with Gasteiger partial charge < -0.3 is 15.0 Å². The first-order chi connectivity index (χ1) is 14.3. The van der Waals surface area contributed by atoms with E-state index >= 15 is 0 Å². The van der Waals surface area contributed by atoms with Gasteiger partial charge in [-0.1, -0.05) is 6.42 Å². The van der Waals surface area contributed by atoms with Crippen LogP contribution in [0.5, 0.6) is 0 Å². The SMILES string of the molecule is COC(C)c1nc2c(N)nc(C)c(C)c2n1CCCCCS(=O)(=O)c1ncccn1. The number of hydrogen-bond donors (Lipinski definition) is 1. The lowest BCUT2D eigenvalue weighted by Crippen LogP contribution is -2.12. The second kappa shape index (κ2) is 9.05. The molecule has 2 N–H and O–H groups in total. The van der Waals surface area contributed by atoms with Crippen LogP contribution in [0, 0.1) is 13.8 Å². The lowest BCUT2D eigenvalue weighted by molar-refractivity contribution is 0.109. The van der Waals surface area contributed by atoms with E-state index in [1.807, 2.05) is 20.8 Å². The topological polar surface area (TPSA) is 126 Å².